The molecular formula is C23H17NO5S2. The molecule has 4 rings (SSSR count). The van der Waals surface area contributed by atoms with Gasteiger partial charge in [-0.15, -0.1) is 0 Å². The maximum absolute atomic E-state index is 13.4. The molecule has 0 bridgehead atoms. The predicted molar refractivity (Wildman–Crippen MR) is 118 cm³/mol. The van der Waals surface area contributed by atoms with Crippen LogP contribution in [0.3, 0.4) is 0 Å². The zero-order valence-electron chi connectivity index (χ0n) is 16.4. The number of hydrogen-bond donors (Lipinski definition) is 0. The fourth-order valence-corrected chi connectivity index (χ4v) is 5.45. The van der Waals surface area contributed by atoms with E-state index in [-0.39, 0.29) is 15.5 Å². The Morgan fingerprint density at radius 1 is 0.774 bits per heavy atom. The van der Waals surface area contributed by atoms with E-state index in [1.54, 1.807) is 60.7 Å². The number of para-hydroxylation sites is 1. The van der Waals surface area contributed by atoms with Crippen molar-refractivity contribution >= 4 is 30.8 Å². The van der Waals surface area contributed by atoms with Crippen molar-refractivity contribution < 1.29 is 21.6 Å². The van der Waals surface area contributed by atoms with Gasteiger partial charge < -0.3 is 4.74 Å². The molecule has 156 valence electrons. The maximum atomic E-state index is 13.4. The van der Waals surface area contributed by atoms with E-state index < -0.39 is 19.9 Å². The van der Waals surface area contributed by atoms with Gasteiger partial charge in [-0.2, -0.15) is 0 Å². The van der Waals surface area contributed by atoms with E-state index in [0.29, 0.717) is 16.7 Å². The van der Waals surface area contributed by atoms with Crippen molar-refractivity contribution in [2.45, 2.75) is 9.79 Å². The average molecular weight is 452 g/mol. The quantitative estimate of drug-likeness (QED) is 0.442. The molecule has 1 aromatic heterocycles. The first-order valence-electron chi connectivity index (χ1n) is 9.16. The minimum Gasteiger partial charge on any atom is -0.497 e. The van der Waals surface area contributed by atoms with Gasteiger partial charge in [0.25, 0.3) is 10.0 Å². The van der Waals surface area contributed by atoms with E-state index >= 15 is 0 Å². The van der Waals surface area contributed by atoms with E-state index in [4.69, 9.17) is 4.74 Å². The Morgan fingerprint density at radius 2 is 1.42 bits per heavy atom. The van der Waals surface area contributed by atoms with Gasteiger partial charge in [0.1, 0.15) is 11.4 Å². The molecule has 0 saturated carbocycles. The highest BCUT2D eigenvalue weighted by Crippen LogP contribution is 2.26. The number of sulfone groups is 1. The third-order valence-corrected chi connectivity index (χ3v) is 7.64. The summed E-state index contributed by atoms with van der Waals surface area (Å²) in [5.41, 5.74) is 0.455. The minimum atomic E-state index is -4.05. The molecular weight excluding hydrogens is 434 g/mol. The van der Waals surface area contributed by atoms with E-state index in [1.807, 2.05) is 0 Å². The van der Waals surface area contributed by atoms with E-state index in [9.17, 15) is 16.8 Å². The minimum absolute atomic E-state index is 0.0311. The maximum Gasteiger partial charge on any atom is 0.269 e. The summed E-state index contributed by atoms with van der Waals surface area (Å²) in [5.74, 6) is 3.08. The second-order valence-electron chi connectivity index (χ2n) is 6.58. The SMILES string of the molecule is COc1ccc(S(=O)(=O)n2c(C#CS(=O)(=O)c3ccccc3)cc3ccccc32)cc1. The Kier molecular flexibility index (Phi) is 5.31. The van der Waals surface area contributed by atoms with Crippen LogP contribution in [0.2, 0.25) is 0 Å². The number of fused-ring (bicyclic) bond motifs is 1. The molecule has 6 nitrogen and oxygen atoms in total. The van der Waals surface area contributed by atoms with Gasteiger partial charge >= 0.3 is 0 Å². The summed E-state index contributed by atoms with van der Waals surface area (Å²) in [4.78, 5) is 0.0757. The van der Waals surface area contributed by atoms with Gasteiger partial charge in [0.05, 0.1) is 22.4 Å². The highest BCUT2D eigenvalue weighted by atomic mass is 32.2. The van der Waals surface area contributed by atoms with Crippen LogP contribution in [0.25, 0.3) is 10.9 Å². The normalized spacial score (nSPS) is 11.6. The van der Waals surface area contributed by atoms with Crippen molar-refractivity contribution in [2.75, 3.05) is 7.11 Å². The van der Waals surface area contributed by atoms with Gasteiger partial charge in [-0.05, 0) is 54.5 Å². The summed E-state index contributed by atoms with van der Waals surface area (Å²) in [7, 11) is -6.47. The van der Waals surface area contributed by atoms with Crippen molar-refractivity contribution in [1.82, 2.24) is 3.97 Å². The Hall–Kier alpha value is -3.54. The van der Waals surface area contributed by atoms with Crippen LogP contribution in [-0.2, 0) is 19.9 Å². The fourth-order valence-electron chi connectivity index (χ4n) is 3.11. The summed E-state index contributed by atoms with van der Waals surface area (Å²) < 4.78 is 58.2. The monoisotopic (exact) mass is 451 g/mol. The number of benzene rings is 3. The van der Waals surface area contributed by atoms with Crippen LogP contribution in [0.15, 0.2) is 94.7 Å². The molecule has 0 fully saturated rings. The molecule has 3 aromatic carbocycles. The smallest absolute Gasteiger partial charge is 0.269 e. The zero-order chi connectivity index (χ0) is 22.1. The second-order valence-corrected chi connectivity index (χ2v) is 10.0. The van der Waals surface area contributed by atoms with Gasteiger partial charge in [0, 0.05) is 10.6 Å². The molecule has 0 aliphatic heterocycles. The molecule has 0 spiro atoms. The molecule has 0 amide bonds. The van der Waals surface area contributed by atoms with E-state index in [1.165, 1.54) is 31.4 Å². The Labute approximate surface area is 180 Å². The summed E-state index contributed by atoms with van der Waals surface area (Å²) >= 11 is 0. The van der Waals surface area contributed by atoms with Crippen molar-refractivity contribution in [1.29, 1.82) is 0 Å². The average Bonchev–Trinajstić information content (AvgIpc) is 3.18. The lowest BCUT2D eigenvalue weighted by molar-refractivity contribution is 0.414. The Morgan fingerprint density at radius 3 is 2.10 bits per heavy atom. The van der Waals surface area contributed by atoms with Gasteiger partial charge in [-0.25, -0.2) is 20.8 Å². The highest BCUT2D eigenvalue weighted by Gasteiger charge is 2.23. The van der Waals surface area contributed by atoms with Gasteiger partial charge in [0.2, 0.25) is 9.84 Å². The molecule has 0 saturated heterocycles. The second kappa shape index (κ2) is 7.95. The summed E-state index contributed by atoms with van der Waals surface area (Å²) in [6.45, 7) is 0. The molecule has 0 unspecified atom stereocenters. The lowest BCUT2D eigenvalue weighted by Crippen LogP contribution is -2.14. The molecule has 1 heterocycles. The van der Waals surface area contributed by atoms with Crippen molar-refractivity contribution in [3.63, 3.8) is 0 Å². The highest BCUT2D eigenvalue weighted by molar-refractivity contribution is 7.96. The van der Waals surface area contributed by atoms with E-state index in [2.05, 4.69) is 11.2 Å². The lowest BCUT2D eigenvalue weighted by Gasteiger charge is -2.10. The van der Waals surface area contributed by atoms with Crippen LogP contribution in [0.1, 0.15) is 5.69 Å². The molecule has 0 atom stereocenters. The Balaban J connectivity index is 1.90. The van der Waals surface area contributed by atoms with E-state index in [0.717, 1.165) is 3.97 Å². The third kappa shape index (κ3) is 3.93. The first-order valence-corrected chi connectivity index (χ1v) is 12.1. The first kappa shape index (κ1) is 20.7. The summed E-state index contributed by atoms with van der Waals surface area (Å²) in [6, 6.07) is 22.1. The molecule has 8 heteroatoms. The number of nitrogens with zero attached hydrogens (tertiary/aromatic N) is 1. The molecule has 4 aromatic rings. The summed E-state index contributed by atoms with van der Waals surface area (Å²) in [5, 5.41) is 2.88. The predicted octanol–water partition coefficient (Wildman–Crippen LogP) is 3.67. The topological polar surface area (TPSA) is 82.4 Å². The van der Waals surface area contributed by atoms with Crippen LogP contribution in [-0.4, -0.2) is 27.9 Å². The van der Waals surface area contributed by atoms with Gasteiger partial charge in [-0.1, -0.05) is 36.4 Å². The Bertz CT molecular complexity index is 1520. The van der Waals surface area contributed by atoms with Crippen molar-refractivity contribution in [2.24, 2.45) is 0 Å². The number of aromatic nitrogens is 1. The van der Waals surface area contributed by atoms with Crippen LogP contribution in [0, 0.1) is 11.2 Å². The molecule has 0 aliphatic carbocycles. The molecule has 0 aliphatic rings. The van der Waals surface area contributed by atoms with Crippen molar-refractivity contribution in [3.8, 4) is 16.9 Å². The largest absolute Gasteiger partial charge is 0.497 e. The standard InChI is InChI=1S/C23H17NO5S2/c1-29-20-11-13-22(14-12-20)31(27,28)24-19(17-18-7-5-6-10-23(18)24)15-16-30(25,26)21-8-3-2-4-9-21/h2-14,17H,1H3. The summed E-state index contributed by atoms with van der Waals surface area (Å²) in [6.07, 6.45) is 0. The molecule has 0 radical (unpaired) electrons. The molecule has 0 N–H and O–H groups in total. The zero-order valence-corrected chi connectivity index (χ0v) is 18.0. The number of methoxy groups -OCH3 is 1. The number of rotatable bonds is 4. The number of hydrogen-bond acceptors (Lipinski definition) is 5. The van der Waals surface area contributed by atoms with Crippen LogP contribution in [0.4, 0.5) is 0 Å². The molecule has 31 heavy (non-hydrogen) atoms. The third-order valence-electron chi connectivity index (χ3n) is 4.63. The van der Waals surface area contributed by atoms with Gasteiger partial charge in [0.15, 0.2) is 0 Å². The van der Waals surface area contributed by atoms with Gasteiger partial charge in [-0.3, -0.25) is 0 Å². The number of ether oxygens (including phenoxy) is 1. The lowest BCUT2D eigenvalue weighted by atomic mass is 10.2. The van der Waals surface area contributed by atoms with Crippen LogP contribution < -0.4 is 4.74 Å². The van der Waals surface area contributed by atoms with Crippen molar-refractivity contribution in [3.05, 3.63) is 90.6 Å². The van der Waals surface area contributed by atoms with Crippen LogP contribution in [0.5, 0.6) is 5.75 Å². The van der Waals surface area contributed by atoms with Crippen LogP contribution >= 0.6 is 0 Å². The first-order chi connectivity index (χ1) is 14.8. The fraction of sp³-hybridized carbons (Fsp3) is 0.0435.